The summed E-state index contributed by atoms with van der Waals surface area (Å²) in [6.45, 7) is 5.30. The molecule has 1 fully saturated rings. The highest BCUT2D eigenvalue weighted by atomic mass is 32.1. The maximum atomic E-state index is 9.79. The van der Waals surface area contributed by atoms with Gasteiger partial charge in [0.15, 0.2) is 0 Å². The molecule has 1 saturated heterocycles. The van der Waals surface area contributed by atoms with Gasteiger partial charge in [0.25, 0.3) is 0 Å². The van der Waals surface area contributed by atoms with Crippen LogP contribution in [0.2, 0.25) is 0 Å². The molecule has 1 aliphatic rings. The minimum atomic E-state index is -0.0753. The largest absolute Gasteiger partial charge is 0.393 e. The van der Waals surface area contributed by atoms with Crippen LogP contribution in [0.15, 0.2) is 16.8 Å². The third kappa shape index (κ3) is 2.80. The van der Waals surface area contributed by atoms with Crippen molar-refractivity contribution in [2.24, 2.45) is 5.92 Å². The molecule has 1 N–H and O–H groups in total. The average molecular weight is 225 g/mol. The van der Waals surface area contributed by atoms with Crippen molar-refractivity contribution < 1.29 is 5.11 Å². The predicted octanol–water partition coefficient (Wildman–Crippen LogP) is 2.34. The Bertz CT molecular complexity index is 286. The van der Waals surface area contributed by atoms with Crippen molar-refractivity contribution in [3.63, 3.8) is 0 Å². The van der Waals surface area contributed by atoms with Crippen molar-refractivity contribution in [1.82, 2.24) is 4.90 Å². The number of hydrogen-bond acceptors (Lipinski definition) is 3. The lowest BCUT2D eigenvalue weighted by atomic mass is 9.92. The molecule has 1 aromatic heterocycles. The second-order valence-electron chi connectivity index (χ2n) is 4.39. The molecule has 1 aromatic rings. The van der Waals surface area contributed by atoms with Crippen molar-refractivity contribution in [3.8, 4) is 0 Å². The van der Waals surface area contributed by atoms with Crippen molar-refractivity contribution in [2.45, 2.75) is 32.4 Å². The van der Waals surface area contributed by atoms with Crippen LogP contribution in [0.3, 0.4) is 0 Å². The SMILES string of the molecule is CCC1CN(Cc2ccsc2)CCC1O. The van der Waals surface area contributed by atoms with Crippen LogP contribution in [0.25, 0.3) is 0 Å². The molecule has 2 unspecified atom stereocenters. The Balaban J connectivity index is 1.89. The number of likely N-dealkylation sites (tertiary alicyclic amines) is 1. The predicted molar refractivity (Wildman–Crippen MR) is 64.0 cm³/mol. The summed E-state index contributed by atoms with van der Waals surface area (Å²) in [5.41, 5.74) is 1.41. The average Bonchev–Trinajstić information content (AvgIpc) is 2.73. The quantitative estimate of drug-likeness (QED) is 0.853. The van der Waals surface area contributed by atoms with Gasteiger partial charge in [-0.25, -0.2) is 0 Å². The van der Waals surface area contributed by atoms with Gasteiger partial charge in [-0.15, -0.1) is 0 Å². The van der Waals surface area contributed by atoms with Gasteiger partial charge >= 0.3 is 0 Å². The van der Waals surface area contributed by atoms with Gasteiger partial charge in [-0.3, -0.25) is 4.90 Å². The minimum Gasteiger partial charge on any atom is -0.393 e. The lowest BCUT2D eigenvalue weighted by molar-refractivity contribution is 0.0222. The third-order valence-corrected chi connectivity index (χ3v) is 4.02. The van der Waals surface area contributed by atoms with Gasteiger partial charge < -0.3 is 5.11 Å². The van der Waals surface area contributed by atoms with E-state index in [9.17, 15) is 5.11 Å². The number of nitrogens with zero attached hydrogens (tertiary/aromatic N) is 1. The molecule has 2 rings (SSSR count). The van der Waals surface area contributed by atoms with Gasteiger partial charge in [0.1, 0.15) is 0 Å². The highest BCUT2D eigenvalue weighted by Crippen LogP contribution is 2.22. The van der Waals surface area contributed by atoms with Gasteiger partial charge in [0, 0.05) is 19.6 Å². The molecule has 0 bridgehead atoms. The number of piperidine rings is 1. The second kappa shape index (κ2) is 5.10. The summed E-state index contributed by atoms with van der Waals surface area (Å²) in [6, 6.07) is 2.19. The fourth-order valence-corrected chi connectivity index (χ4v) is 2.94. The van der Waals surface area contributed by atoms with E-state index in [1.165, 1.54) is 5.56 Å². The summed E-state index contributed by atoms with van der Waals surface area (Å²) < 4.78 is 0. The van der Waals surface area contributed by atoms with Crippen LogP contribution in [-0.4, -0.2) is 29.2 Å². The Kier molecular flexibility index (Phi) is 3.78. The monoisotopic (exact) mass is 225 g/mol. The number of rotatable bonds is 3. The van der Waals surface area contributed by atoms with E-state index in [-0.39, 0.29) is 6.10 Å². The molecule has 0 saturated carbocycles. The number of aliphatic hydroxyl groups is 1. The van der Waals surface area contributed by atoms with Crippen LogP contribution in [0.4, 0.5) is 0 Å². The minimum absolute atomic E-state index is 0.0753. The van der Waals surface area contributed by atoms with Gasteiger partial charge in [0.2, 0.25) is 0 Å². The van der Waals surface area contributed by atoms with E-state index in [1.54, 1.807) is 11.3 Å². The molecule has 0 radical (unpaired) electrons. The highest BCUT2D eigenvalue weighted by molar-refractivity contribution is 7.07. The van der Waals surface area contributed by atoms with E-state index >= 15 is 0 Å². The van der Waals surface area contributed by atoms with Gasteiger partial charge in [-0.1, -0.05) is 6.92 Å². The Labute approximate surface area is 95.5 Å². The Morgan fingerprint density at radius 3 is 3.13 bits per heavy atom. The maximum Gasteiger partial charge on any atom is 0.0592 e. The zero-order chi connectivity index (χ0) is 10.7. The molecule has 3 heteroatoms. The van der Waals surface area contributed by atoms with E-state index in [4.69, 9.17) is 0 Å². The molecule has 0 amide bonds. The molecule has 2 heterocycles. The van der Waals surface area contributed by atoms with Crippen molar-refractivity contribution in [1.29, 1.82) is 0 Å². The maximum absolute atomic E-state index is 9.79. The Hall–Kier alpha value is -0.380. The number of aliphatic hydroxyl groups excluding tert-OH is 1. The first-order valence-corrected chi connectivity index (χ1v) is 6.65. The van der Waals surface area contributed by atoms with Crippen LogP contribution in [0.5, 0.6) is 0 Å². The smallest absolute Gasteiger partial charge is 0.0592 e. The molecule has 0 aliphatic carbocycles. The molecule has 2 atom stereocenters. The fourth-order valence-electron chi connectivity index (χ4n) is 2.28. The lowest BCUT2D eigenvalue weighted by Crippen LogP contribution is -2.42. The number of hydrogen-bond donors (Lipinski definition) is 1. The molecule has 84 valence electrons. The fraction of sp³-hybridized carbons (Fsp3) is 0.667. The van der Waals surface area contributed by atoms with Crippen LogP contribution >= 0.6 is 11.3 Å². The van der Waals surface area contributed by atoms with Gasteiger partial charge in [0.05, 0.1) is 6.10 Å². The molecule has 2 nitrogen and oxygen atoms in total. The summed E-state index contributed by atoms with van der Waals surface area (Å²) in [4.78, 5) is 2.46. The molecule has 0 aromatic carbocycles. The molecular weight excluding hydrogens is 206 g/mol. The summed E-state index contributed by atoms with van der Waals surface area (Å²) >= 11 is 1.76. The Morgan fingerprint density at radius 2 is 2.47 bits per heavy atom. The zero-order valence-corrected chi connectivity index (χ0v) is 10.0. The van der Waals surface area contributed by atoms with E-state index in [0.717, 1.165) is 32.5 Å². The van der Waals surface area contributed by atoms with Crippen molar-refractivity contribution in [2.75, 3.05) is 13.1 Å². The van der Waals surface area contributed by atoms with E-state index in [2.05, 4.69) is 28.7 Å². The van der Waals surface area contributed by atoms with Gasteiger partial charge in [-0.2, -0.15) is 11.3 Å². The summed E-state index contributed by atoms with van der Waals surface area (Å²) in [5, 5.41) is 14.1. The Morgan fingerprint density at radius 1 is 1.60 bits per heavy atom. The van der Waals surface area contributed by atoms with Crippen LogP contribution in [-0.2, 0) is 6.54 Å². The molecule has 15 heavy (non-hydrogen) atoms. The molecular formula is C12H19NOS. The summed E-state index contributed by atoms with van der Waals surface area (Å²) in [7, 11) is 0. The van der Waals surface area contributed by atoms with E-state index in [0.29, 0.717) is 5.92 Å². The van der Waals surface area contributed by atoms with E-state index in [1.807, 2.05) is 0 Å². The van der Waals surface area contributed by atoms with Gasteiger partial charge in [-0.05, 0) is 41.1 Å². The lowest BCUT2D eigenvalue weighted by Gasteiger charge is -2.35. The standard InChI is InChI=1S/C12H19NOS/c1-2-11-8-13(5-3-12(11)14)7-10-4-6-15-9-10/h4,6,9,11-12,14H,2-3,5,7-8H2,1H3. The first-order chi connectivity index (χ1) is 7.29. The van der Waals surface area contributed by atoms with Crippen LogP contribution < -0.4 is 0 Å². The summed E-state index contributed by atoms with van der Waals surface area (Å²) in [5.74, 6) is 0.470. The number of thiophene rings is 1. The molecule has 0 spiro atoms. The molecule has 1 aliphatic heterocycles. The summed E-state index contributed by atoms with van der Waals surface area (Å²) in [6.07, 6.45) is 1.94. The van der Waals surface area contributed by atoms with E-state index < -0.39 is 0 Å². The van der Waals surface area contributed by atoms with Crippen molar-refractivity contribution >= 4 is 11.3 Å². The zero-order valence-electron chi connectivity index (χ0n) is 9.22. The van der Waals surface area contributed by atoms with Crippen LogP contribution in [0, 0.1) is 5.92 Å². The first kappa shape index (κ1) is 11.1. The third-order valence-electron chi connectivity index (χ3n) is 3.29. The van der Waals surface area contributed by atoms with Crippen LogP contribution in [0.1, 0.15) is 25.3 Å². The first-order valence-electron chi connectivity index (χ1n) is 5.71. The van der Waals surface area contributed by atoms with Crippen molar-refractivity contribution in [3.05, 3.63) is 22.4 Å². The topological polar surface area (TPSA) is 23.5 Å². The highest BCUT2D eigenvalue weighted by Gasteiger charge is 2.26. The normalized spacial score (nSPS) is 28.1. The second-order valence-corrected chi connectivity index (χ2v) is 5.17.